The highest BCUT2D eigenvalue weighted by atomic mass is 32.3. The molecule has 0 spiro atoms. The zero-order chi connectivity index (χ0) is 11.1. The second kappa shape index (κ2) is 3.57. The van der Waals surface area contributed by atoms with Crippen LogP contribution in [0.1, 0.15) is 17.2 Å². The van der Waals surface area contributed by atoms with Crippen LogP contribution in [-0.4, -0.2) is 19.1 Å². The van der Waals surface area contributed by atoms with E-state index in [9.17, 15) is 8.42 Å². The van der Waals surface area contributed by atoms with Gasteiger partial charge in [-0.3, -0.25) is 4.55 Å². The molecule has 15 heavy (non-hydrogen) atoms. The summed E-state index contributed by atoms with van der Waals surface area (Å²) in [5.74, 6) is 0. The highest BCUT2D eigenvalue weighted by molar-refractivity contribution is 7.80. The number of rotatable bonds is 2. The summed E-state index contributed by atoms with van der Waals surface area (Å²) >= 11 is 0. The lowest BCUT2D eigenvalue weighted by atomic mass is 10.1. The van der Waals surface area contributed by atoms with Gasteiger partial charge in [0.1, 0.15) is 6.10 Å². The standard InChI is InChI=1S/C9H11NO4S/c10-9-7-4-2-1-3-6(7)5-8(9)14-15(11,12)13/h1-4,8-9H,5,10H2,(H,11,12,13). The number of hydrogen-bond acceptors (Lipinski definition) is 4. The molecule has 2 unspecified atom stereocenters. The summed E-state index contributed by atoms with van der Waals surface area (Å²) in [5, 5.41) is 0. The Bertz CT molecular complexity index is 471. The molecule has 1 aromatic carbocycles. The zero-order valence-electron chi connectivity index (χ0n) is 7.83. The van der Waals surface area contributed by atoms with Gasteiger partial charge in [0.15, 0.2) is 0 Å². The van der Waals surface area contributed by atoms with Crippen molar-refractivity contribution in [1.29, 1.82) is 0 Å². The van der Waals surface area contributed by atoms with E-state index in [0.717, 1.165) is 11.1 Å². The second-order valence-electron chi connectivity index (χ2n) is 3.49. The molecule has 6 heteroatoms. The summed E-state index contributed by atoms with van der Waals surface area (Å²) in [6.45, 7) is 0. The van der Waals surface area contributed by atoms with Crippen molar-refractivity contribution in [3.63, 3.8) is 0 Å². The molecule has 0 aliphatic heterocycles. The molecule has 0 radical (unpaired) electrons. The monoisotopic (exact) mass is 229 g/mol. The largest absolute Gasteiger partial charge is 0.397 e. The molecule has 82 valence electrons. The van der Waals surface area contributed by atoms with Crippen molar-refractivity contribution in [2.24, 2.45) is 5.73 Å². The summed E-state index contributed by atoms with van der Waals surface area (Å²) in [6, 6.07) is 6.86. The van der Waals surface area contributed by atoms with Crippen LogP contribution in [0.25, 0.3) is 0 Å². The van der Waals surface area contributed by atoms with Crippen molar-refractivity contribution in [3.05, 3.63) is 35.4 Å². The first-order chi connectivity index (χ1) is 6.97. The van der Waals surface area contributed by atoms with Gasteiger partial charge in [-0.2, -0.15) is 8.42 Å². The smallest absolute Gasteiger partial charge is 0.322 e. The van der Waals surface area contributed by atoms with Gasteiger partial charge in [0.05, 0.1) is 6.04 Å². The first kappa shape index (κ1) is 10.6. The van der Waals surface area contributed by atoms with E-state index < -0.39 is 22.5 Å². The van der Waals surface area contributed by atoms with Crippen LogP contribution < -0.4 is 5.73 Å². The van der Waals surface area contributed by atoms with Gasteiger partial charge in [0.25, 0.3) is 0 Å². The quantitative estimate of drug-likeness (QED) is 0.718. The van der Waals surface area contributed by atoms with Crippen LogP contribution in [0.5, 0.6) is 0 Å². The molecule has 0 bridgehead atoms. The molecule has 1 aliphatic rings. The maximum Gasteiger partial charge on any atom is 0.397 e. The number of benzene rings is 1. The molecule has 1 aromatic rings. The van der Waals surface area contributed by atoms with Gasteiger partial charge in [-0.15, -0.1) is 0 Å². The molecule has 0 amide bonds. The van der Waals surface area contributed by atoms with Gasteiger partial charge in [-0.05, 0) is 11.1 Å². The van der Waals surface area contributed by atoms with Crippen LogP contribution in [0.3, 0.4) is 0 Å². The van der Waals surface area contributed by atoms with Gasteiger partial charge in [-0.1, -0.05) is 24.3 Å². The Morgan fingerprint density at radius 2 is 2.07 bits per heavy atom. The minimum atomic E-state index is -4.44. The van der Waals surface area contributed by atoms with Crippen LogP contribution in [0.15, 0.2) is 24.3 Å². The Hall–Kier alpha value is -0.950. The summed E-state index contributed by atoms with van der Waals surface area (Å²) in [7, 11) is -4.44. The van der Waals surface area contributed by atoms with Crippen molar-refractivity contribution in [2.45, 2.75) is 18.6 Å². The molecule has 0 saturated carbocycles. The first-order valence-electron chi connectivity index (χ1n) is 4.46. The van der Waals surface area contributed by atoms with Gasteiger partial charge < -0.3 is 5.73 Å². The molecule has 3 N–H and O–H groups in total. The van der Waals surface area contributed by atoms with E-state index in [2.05, 4.69) is 4.18 Å². The highest BCUT2D eigenvalue weighted by Crippen LogP contribution is 2.31. The topological polar surface area (TPSA) is 89.6 Å². The molecule has 0 saturated heterocycles. The third-order valence-corrected chi connectivity index (χ3v) is 2.97. The summed E-state index contributed by atoms with van der Waals surface area (Å²) in [4.78, 5) is 0. The van der Waals surface area contributed by atoms with Gasteiger partial charge in [-0.25, -0.2) is 4.18 Å². The Morgan fingerprint density at radius 3 is 2.67 bits per heavy atom. The fraction of sp³-hybridized carbons (Fsp3) is 0.333. The molecule has 2 rings (SSSR count). The number of nitrogens with two attached hydrogens (primary N) is 1. The van der Waals surface area contributed by atoms with E-state index in [0.29, 0.717) is 6.42 Å². The SMILES string of the molecule is NC1c2ccccc2CC1OS(=O)(=O)O. The van der Waals surface area contributed by atoms with Crippen LogP contribution in [0.4, 0.5) is 0 Å². The van der Waals surface area contributed by atoms with Crippen molar-refractivity contribution in [1.82, 2.24) is 0 Å². The van der Waals surface area contributed by atoms with Crippen LogP contribution in [-0.2, 0) is 21.0 Å². The summed E-state index contributed by atoms with van der Waals surface area (Å²) < 4.78 is 34.2. The van der Waals surface area contributed by atoms with Gasteiger partial charge in [0.2, 0.25) is 0 Å². The van der Waals surface area contributed by atoms with E-state index in [4.69, 9.17) is 10.3 Å². The molecular formula is C9H11NO4S. The lowest BCUT2D eigenvalue weighted by Gasteiger charge is -2.13. The van der Waals surface area contributed by atoms with E-state index in [1.807, 2.05) is 24.3 Å². The van der Waals surface area contributed by atoms with E-state index in [-0.39, 0.29) is 0 Å². The van der Waals surface area contributed by atoms with E-state index >= 15 is 0 Å². The fourth-order valence-corrected chi connectivity index (χ4v) is 2.34. The number of fused-ring (bicyclic) bond motifs is 1. The maximum atomic E-state index is 10.6. The minimum absolute atomic E-state index is 0.400. The summed E-state index contributed by atoms with van der Waals surface area (Å²) in [5.41, 5.74) is 7.62. The third kappa shape index (κ3) is 2.18. The lowest BCUT2D eigenvalue weighted by Crippen LogP contribution is -2.27. The van der Waals surface area contributed by atoms with Crippen LogP contribution in [0.2, 0.25) is 0 Å². The number of hydrogen-bond donors (Lipinski definition) is 2. The minimum Gasteiger partial charge on any atom is -0.322 e. The predicted octanol–water partition coefficient (Wildman–Crippen LogP) is 0.431. The molecule has 0 aromatic heterocycles. The third-order valence-electron chi connectivity index (χ3n) is 2.48. The Balaban J connectivity index is 2.24. The highest BCUT2D eigenvalue weighted by Gasteiger charge is 2.33. The average molecular weight is 229 g/mol. The Morgan fingerprint density at radius 1 is 1.40 bits per heavy atom. The molecule has 2 atom stereocenters. The van der Waals surface area contributed by atoms with E-state index in [1.54, 1.807) is 0 Å². The summed E-state index contributed by atoms with van der Waals surface area (Å²) in [6.07, 6.45) is -0.311. The lowest BCUT2D eigenvalue weighted by molar-refractivity contribution is 0.167. The molecule has 0 fully saturated rings. The molecule has 0 heterocycles. The zero-order valence-corrected chi connectivity index (χ0v) is 8.65. The predicted molar refractivity (Wildman–Crippen MR) is 53.5 cm³/mol. The van der Waals surface area contributed by atoms with Crippen molar-refractivity contribution in [2.75, 3.05) is 0 Å². The Labute approximate surface area is 87.8 Å². The first-order valence-corrected chi connectivity index (χ1v) is 5.83. The second-order valence-corrected chi connectivity index (χ2v) is 4.54. The fourth-order valence-electron chi connectivity index (χ4n) is 1.84. The molecular weight excluding hydrogens is 218 g/mol. The van der Waals surface area contributed by atoms with E-state index in [1.165, 1.54) is 0 Å². The van der Waals surface area contributed by atoms with Crippen molar-refractivity contribution >= 4 is 10.4 Å². The molecule has 5 nitrogen and oxygen atoms in total. The molecule has 1 aliphatic carbocycles. The Kier molecular flexibility index (Phi) is 2.51. The maximum absolute atomic E-state index is 10.6. The van der Waals surface area contributed by atoms with Crippen molar-refractivity contribution < 1.29 is 17.2 Å². The normalized spacial score (nSPS) is 25.2. The van der Waals surface area contributed by atoms with Gasteiger partial charge in [0, 0.05) is 6.42 Å². The van der Waals surface area contributed by atoms with Crippen LogP contribution in [0, 0.1) is 0 Å². The average Bonchev–Trinajstić information content (AvgIpc) is 2.42. The van der Waals surface area contributed by atoms with Crippen molar-refractivity contribution in [3.8, 4) is 0 Å². The van der Waals surface area contributed by atoms with Gasteiger partial charge >= 0.3 is 10.4 Å². The van der Waals surface area contributed by atoms with Crippen LogP contribution >= 0.6 is 0 Å².